The molecule has 0 unspecified atom stereocenters. The molecular weight excluding hydrogens is 252 g/mol. The lowest BCUT2D eigenvalue weighted by Gasteiger charge is -2.26. The summed E-state index contributed by atoms with van der Waals surface area (Å²) in [6.45, 7) is 3.71. The quantitative estimate of drug-likeness (QED) is 0.862. The second kappa shape index (κ2) is 5.65. The third-order valence-corrected chi connectivity index (χ3v) is 3.90. The highest BCUT2D eigenvalue weighted by Gasteiger charge is 2.16. The number of fused-ring (bicyclic) bond motifs is 1. The Morgan fingerprint density at radius 1 is 1.30 bits per heavy atom. The molecule has 1 amide bonds. The fraction of sp³-hybridized carbons (Fsp3) is 0.500. The number of rotatable bonds is 3. The molecule has 0 spiro atoms. The standard InChI is InChI=1S/C16H20N2O2/c1-12-17-14-11-13(5-7-15(14)20-12)6-8-16(19)18-9-3-2-4-10-18/h5,7,11H,2-4,6,8-10H2,1H3. The molecule has 0 atom stereocenters. The average Bonchev–Trinajstić information content (AvgIpc) is 2.85. The number of carbonyl (C=O) groups excluding carboxylic acids is 1. The van der Waals surface area contributed by atoms with Gasteiger partial charge in [-0.2, -0.15) is 0 Å². The molecule has 4 heteroatoms. The van der Waals surface area contributed by atoms with E-state index in [2.05, 4.69) is 4.98 Å². The Kier molecular flexibility index (Phi) is 3.72. The highest BCUT2D eigenvalue weighted by atomic mass is 16.3. The normalized spacial score (nSPS) is 15.8. The van der Waals surface area contributed by atoms with Crippen molar-refractivity contribution in [1.29, 1.82) is 0 Å². The van der Waals surface area contributed by atoms with Crippen molar-refractivity contribution in [2.24, 2.45) is 0 Å². The van der Waals surface area contributed by atoms with Crippen LogP contribution in [0.25, 0.3) is 11.1 Å². The molecule has 1 fully saturated rings. The zero-order valence-electron chi connectivity index (χ0n) is 11.9. The van der Waals surface area contributed by atoms with Crippen LogP contribution in [0.4, 0.5) is 0 Å². The van der Waals surface area contributed by atoms with Gasteiger partial charge in [0.25, 0.3) is 0 Å². The monoisotopic (exact) mass is 272 g/mol. The molecular formula is C16H20N2O2. The van der Waals surface area contributed by atoms with E-state index in [1.165, 1.54) is 6.42 Å². The molecule has 0 saturated carbocycles. The smallest absolute Gasteiger partial charge is 0.222 e. The van der Waals surface area contributed by atoms with E-state index < -0.39 is 0 Å². The first kappa shape index (κ1) is 13.2. The number of piperidine rings is 1. The average molecular weight is 272 g/mol. The van der Waals surface area contributed by atoms with Crippen molar-refractivity contribution < 1.29 is 9.21 Å². The summed E-state index contributed by atoms with van der Waals surface area (Å²) in [6, 6.07) is 5.99. The Balaban J connectivity index is 1.62. The van der Waals surface area contributed by atoms with Crippen LogP contribution in [0.15, 0.2) is 22.6 Å². The van der Waals surface area contributed by atoms with E-state index in [-0.39, 0.29) is 5.91 Å². The first-order valence-corrected chi connectivity index (χ1v) is 7.36. The number of carbonyl (C=O) groups is 1. The van der Waals surface area contributed by atoms with Crippen LogP contribution in [-0.2, 0) is 11.2 Å². The van der Waals surface area contributed by atoms with Gasteiger partial charge < -0.3 is 9.32 Å². The van der Waals surface area contributed by atoms with Gasteiger partial charge in [0.05, 0.1) is 0 Å². The summed E-state index contributed by atoms with van der Waals surface area (Å²) in [5.41, 5.74) is 2.84. The number of aromatic nitrogens is 1. The Bertz CT molecular complexity index is 612. The molecule has 4 nitrogen and oxygen atoms in total. The lowest BCUT2D eigenvalue weighted by molar-refractivity contribution is -0.132. The van der Waals surface area contributed by atoms with Crippen LogP contribution >= 0.6 is 0 Å². The maximum Gasteiger partial charge on any atom is 0.222 e. The first-order chi connectivity index (χ1) is 9.72. The maximum atomic E-state index is 12.1. The Labute approximate surface area is 118 Å². The van der Waals surface area contributed by atoms with Crippen LogP contribution in [0.1, 0.15) is 37.1 Å². The minimum atomic E-state index is 0.279. The van der Waals surface area contributed by atoms with E-state index >= 15 is 0 Å². The summed E-state index contributed by atoms with van der Waals surface area (Å²) in [5, 5.41) is 0. The number of hydrogen-bond acceptors (Lipinski definition) is 3. The molecule has 1 aromatic heterocycles. The zero-order valence-corrected chi connectivity index (χ0v) is 11.9. The highest BCUT2D eigenvalue weighted by molar-refractivity contribution is 5.77. The van der Waals surface area contributed by atoms with E-state index in [9.17, 15) is 4.79 Å². The molecule has 3 rings (SSSR count). The van der Waals surface area contributed by atoms with Crippen LogP contribution < -0.4 is 0 Å². The number of oxazole rings is 1. The SMILES string of the molecule is Cc1nc2cc(CCC(=O)N3CCCCC3)ccc2o1. The van der Waals surface area contributed by atoms with Gasteiger partial charge in [-0.1, -0.05) is 6.07 Å². The predicted octanol–water partition coefficient (Wildman–Crippen LogP) is 3.08. The third-order valence-electron chi connectivity index (χ3n) is 3.90. The van der Waals surface area contributed by atoms with E-state index in [4.69, 9.17) is 4.42 Å². The van der Waals surface area contributed by atoms with Crippen molar-refractivity contribution in [2.45, 2.75) is 39.0 Å². The number of likely N-dealkylation sites (tertiary alicyclic amines) is 1. The fourth-order valence-electron chi connectivity index (χ4n) is 2.80. The second-order valence-electron chi connectivity index (χ2n) is 5.48. The predicted molar refractivity (Wildman–Crippen MR) is 77.5 cm³/mol. The molecule has 1 aliphatic rings. The van der Waals surface area contributed by atoms with Crippen molar-refractivity contribution in [3.63, 3.8) is 0 Å². The maximum absolute atomic E-state index is 12.1. The highest BCUT2D eigenvalue weighted by Crippen LogP contribution is 2.18. The fourth-order valence-corrected chi connectivity index (χ4v) is 2.80. The van der Waals surface area contributed by atoms with Crippen LogP contribution in [0.5, 0.6) is 0 Å². The molecule has 20 heavy (non-hydrogen) atoms. The summed E-state index contributed by atoms with van der Waals surface area (Å²) >= 11 is 0. The minimum absolute atomic E-state index is 0.279. The van der Waals surface area contributed by atoms with Gasteiger partial charge in [0.15, 0.2) is 11.5 Å². The van der Waals surface area contributed by atoms with E-state index in [0.717, 1.165) is 49.0 Å². The summed E-state index contributed by atoms with van der Waals surface area (Å²) in [4.78, 5) is 18.5. The van der Waals surface area contributed by atoms with Gasteiger partial charge >= 0.3 is 0 Å². The number of nitrogens with zero attached hydrogens (tertiary/aromatic N) is 2. The van der Waals surface area contributed by atoms with Crippen molar-refractivity contribution in [2.75, 3.05) is 13.1 Å². The van der Waals surface area contributed by atoms with Gasteiger partial charge in [-0.15, -0.1) is 0 Å². The number of benzene rings is 1. The molecule has 1 saturated heterocycles. The molecule has 1 aromatic carbocycles. The van der Waals surface area contributed by atoms with E-state index in [0.29, 0.717) is 12.3 Å². The first-order valence-electron chi connectivity index (χ1n) is 7.36. The Morgan fingerprint density at radius 3 is 2.90 bits per heavy atom. The Morgan fingerprint density at radius 2 is 2.10 bits per heavy atom. The van der Waals surface area contributed by atoms with Gasteiger partial charge in [-0.05, 0) is 43.4 Å². The van der Waals surface area contributed by atoms with Crippen molar-refractivity contribution in [1.82, 2.24) is 9.88 Å². The summed E-state index contributed by atoms with van der Waals surface area (Å²) in [6.07, 6.45) is 4.91. The van der Waals surface area contributed by atoms with Crippen LogP contribution in [0, 0.1) is 6.92 Å². The molecule has 0 bridgehead atoms. The van der Waals surface area contributed by atoms with Gasteiger partial charge in [-0.3, -0.25) is 4.79 Å². The molecule has 0 N–H and O–H groups in total. The summed E-state index contributed by atoms with van der Waals surface area (Å²) in [5.74, 6) is 0.961. The van der Waals surface area contributed by atoms with Crippen LogP contribution in [0.2, 0.25) is 0 Å². The lowest BCUT2D eigenvalue weighted by atomic mass is 10.1. The third kappa shape index (κ3) is 2.84. The van der Waals surface area contributed by atoms with Gasteiger partial charge in [0.2, 0.25) is 5.91 Å². The molecule has 106 valence electrons. The number of hydrogen-bond donors (Lipinski definition) is 0. The van der Waals surface area contributed by atoms with Gasteiger partial charge in [0.1, 0.15) is 5.52 Å². The van der Waals surface area contributed by atoms with Gasteiger partial charge in [0, 0.05) is 26.4 Å². The van der Waals surface area contributed by atoms with Crippen molar-refractivity contribution >= 4 is 17.0 Å². The number of aryl methyl sites for hydroxylation is 2. The van der Waals surface area contributed by atoms with Gasteiger partial charge in [-0.25, -0.2) is 4.98 Å². The molecule has 0 radical (unpaired) electrons. The molecule has 0 aliphatic carbocycles. The minimum Gasteiger partial charge on any atom is -0.441 e. The Hall–Kier alpha value is -1.84. The number of amides is 1. The topological polar surface area (TPSA) is 46.3 Å². The zero-order chi connectivity index (χ0) is 13.9. The van der Waals surface area contributed by atoms with Crippen molar-refractivity contribution in [3.05, 3.63) is 29.7 Å². The van der Waals surface area contributed by atoms with Crippen molar-refractivity contribution in [3.8, 4) is 0 Å². The van der Waals surface area contributed by atoms with E-state index in [1.807, 2.05) is 30.0 Å². The summed E-state index contributed by atoms with van der Waals surface area (Å²) < 4.78 is 5.46. The molecule has 1 aliphatic heterocycles. The lowest BCUT2D eigenvalue weighted by Crippen LogP contribution is -2.35. The second-order valence-corrected chi connectivity index (χ2v) is 5.48. The largest absolute Gasteiger partial charge is 0.441 e. The summed E-state index contributed by atoms with van der Waals surface area (Å²) in [7, 11) is 0. The molecule has 2 heterocycles. The molecule has 2 aromatic rings. The van der Waals surface area contributed by atoms with E-state index in [1.54, 1.807) is 0 Å². The van der Waals surface area contributed by atoms with Crippen LogP contribution in [-0.4, -0.2) is 28.9 Å². The van der Waals surface area contributed by atoms with Crippen LogP contribution in [0.3, 0.4) is 0 Å².